The summed E-state index contributed by atoms with van der Waals surface area (Å²) >= 11 is 0. The summed E-state index contributed by atoms with van der Waals surface area (Å²) in [4.78, 5) is 0. The fraction of sp³-hybridized carbons (Fsp3) is 0.667. The first-order valence-electron chi connectivity index (χ1n) is 8.10. The van der Waals surface area contributed by atoms with Crippen LogP contribution in [0, 0.1) is 0 Å². The number of rotatable bonds is 11. The lowest BCUT2D eigenvalue weighted by Crippen LogP contribution is -2.36. The summed E-state index contributed by atoms with van der Waals surface area (Å²) in [5.41, 5.74) is -0.666. The molecule has 2 nitrogen and oxygen atoms in total. The second-order valence-electron chi connectivity index (χ2n) is 5.74. The number of unbranched alkanes of at least 4 members (excludes halogenated alkanes) is 4. The average Bonchev–Trinajstić information content (AvgIpc) is 2.47. The van der Waals surface area contributed by atoms with Crippen molar-refractivity contribution in [3.63, 3.8) is 0 Å². The number of hydrogen-bond acceptors (Lipinski definition) is 2. The third-order valence-corrected chi connectivity index (χ3v) is 3.74. The Labute approximate surface area is 124 Å². The molecule has 1 rings (SSSR count). The molecule has 2 heteroatoms. The molecular weight excluding hydrogens is 248 g/mol. The van der Waals surface area contributed by atoms with Gasteiger partial charge in [-0.1, -0.05) is 70.6 Å². The molecule has 1 aromatic rings. The van der Waals surface area contributed by atoms with Gasteiger partial charge in [-0.25, -0.2) is 0 Å². The summed E-state index contributed by atoms with van der Waals surface area (Å²) < 4.78 is 5.78. The molecule has 20 heavy (non-hydrogen) atoms. The first kappa shape index (κ1) is 17.0. The van der Waals surface area contributed by atoms with Gasteiger partial charge in [0.05, 0.1) is 5.60 Å². The summed E-state index contributed by atoms with van der Waals surface area (Å²) in [6.45, 7) is 4.79. The van der Waals surface area contributed by atoms with Crippen LogP contribution in [0.4, 0.5) is 0 Å². The van der Waals surface area contributed by atoms with Crippen LogP contribution in [0.15, 0.2) is 30.3 Å². The average molecular weight is 278 g/mol. The van der Waals surface area contributed by atoms with Gasteiger partial charge in [-0.05, 0) is 25.0 Å². The van der Waals surface area contributed by atoms with Gasteiger partial charge in [0.2, 0.25) is 0 Å². The molecule has 0 radical (unpaired) electrons. The van der Waals surface area contributed by atoms with Crippen molar-refractivity contribution in [3.05, 3.63) is 30.3 Å². The topological polar surface area (TPSA) is 29.5 Å². The Hall–Kier alpha value is -1.02. The van der Waals surface area contributed by atoms with E-state index in [0.29, 0.717) is 6.61 Å². The van der Waals surface area contributed by atoms with Crippen LogP contribution in [-0.2, 0) is 0 Å². The SMILES string of the molecule is CCCCCC(O)(CCCCC)COc1ccccc1. The third-order valence-electron chi connectivity index (χ3n) is 3.74. The van der Waals surface area contributed by atoms with Crippen molar-refractivity contribution in [1.82, 2.24) is 0 Å². The van der Waals surface area contributed by atoms with E-state index in [0.717, 1.165) is 31.4 Å². The second kappa shape index (κ2) is 9.82. The molecule has 0 aliphatic rings. The molecule has 0 saturated heterocycles. The smallest absolute Gasteiger partial charge is 0.119 e. The molecule has 0 aromatic heterocycles. The number of aliphatic hydroxyl groups is 1. The second-order valence-corrected chi connectivity index (χ2v) is 5.74. The predicted molar refractivity (Wildman–Crippen MR) is 85.2 cm³/mol. The minimum Gasteiger partial charge on any atom is -0.491 e. The van der Waals surface area contributed by atoms with Gasteiger partial charge in [-0.3, -0.25) is 0 Å². The van der Waals surface area contributed by atoms with Crippen molar-refractivity contribution >= 4 is 0 Å². The van der Waals surface area contributed by atoms with Gasteiger partial charge in [-0.15, -0.1) is 0 Å². The highest BCUT2D eigenvalue weighted by Gasteiger charge is 2.26. The molecule has 0 amide bonds. The molecule has 0 saturated carbocycles. The Morgan fingerprint density at radius 3 is 1.95 bits per heavy atom. The molecule has 0 aliphatic carbocycles. The van der Waals surface area contributed by atoms with Crippen LogP contribution >= 0.6 is 0 Å². The maximum Gasteiger partial charge on any atom is 0.119 e. The van der Waals surface area contributed by atoms with Crippen molar-refractivity contribution in [1.29, 1.82) is 0 Å². The van der Waals surface area contributed by atoms with Crippen LogP contribution in [0.1, 0.15) is 65.2 Å². The summed E-state index contributed by atoms with van der Waals surface area (Å²) in [6, 6.07) is 9.78. The number of para-hydroxylation sites is 1. The summed E-state index contributed by atoms with van der Waals surface area (Å²) in [5.74, 6) is 0.844. The summed E-state index contributed by atoms with van der Waals surface area (Å²) in [5, 5.41) is 10.8. The van der Waals surface area contributed by atoms with Crippen LogP contribution < -0.4 is 4.74 Å². The van der Waals surface area contributed by atoms with Gasteiger partial charge in [-0.2, -0.15) is 0 Å². The Bertz CT molecular complexity index is 325. The van der Waals surface area contributed by atoms with Crippen LogP contribution in [0.2, 0.25) is 0 Å². The molecule has 0 spiro atoms. The van der Waals surface area contributed by atoms with E-state index in [-0.39, 0.29) is 0 Å². The van der Waals surface area contributed by atoms with Crippen LogP contribution in [0.3, 0.4) is 0 Å². The summed E-state index contributed by atoms with van der Waals surface area (Å²) in [6.07, 6.45) is 8.58. The van der Waals surface area contributed by atoms with Gasteiger partial charge in [0, 0.05) is 0 Å². The molecule has 0 heterocycles. The van der Waals surface area contributed by atoms with E-state index in [4.69, 9.17) is 4.74 Å². The Kier molecular flexibility index (Phi) is 8.36. The zero-order valence-electron chi connectivity index (χ0n) is 13.1. The van der Waals surface area contributed by atoms with Crippen molar-refractivity contribution in [2.24, 2.45) is 0 Å². The van der Waals surface area contributed by atoms with Crippen molar-refractivity contribution < 1.29 is 9.84 Å². The molecule has 0 bridgehead atoms. The lowest BCUT2D eigenvalue weighted by Gasteiger charge is -2.28. The van der Waals surface area contributed by atoms with Gasteiger partial charge in [0.25, 0.3) is 0 Å². The number of benzene rings is 1. The first-order valence-corrected chi connectivity index (χ1v) is 8.10. The first-order chi connectivity index (χ1) is 9.70. The van der Waals surface area contributed by atoms with Crippen LogP contribution in [-0.4, -0.2) is 17.3 Å². The van der Waals surface area contributed by atoms with E-state index >= 15 is 0 Å². The van der Waals surface area contributed by atoms with Gasteiger partial charge >= 0.3 is 0 Å². The van der Waals surface area contributed by atoms with E-state index in [1.54, 1.807) is 0 Å². The van der Waals surface area contributed by atoms with Gasteiger partial charge in [0.1, 0.15) is 12.4 Å². The molecule has 0 fully saturated rings. The molecule has 1 aromatic carbocycles. The normalized spacial score (nSPS) is 11.6. The van der Waals surface area contributed by atoms with E-state index in [2.05, 4.69) is 13.8 Å². The standard InChI is InChI=1S/C18H30O2/c1-3-5-10-14-18(19,15-11-6-4-2)16-20-17-12-8-7-9-13-17/h7-9,12-13,19H,3-6,10-11,14-16H2,1-2H3. The van der Waals surface area contributed by atoms with Gasteiger partial charge < -0.3 is 9.84 Å². The van der Waals surface area contributed by atoms with Crippen molar-refractivity contribution in [2.75, 3.05) is 6.61 Å². The molecule has 114 valence electrons. The summed E-state index contributed by atoms with van der Waals surface area (Å²) in [7, 11) is 0. The maximum atomic E-state index is 10.8. The number of ether oxygens (including phenoxy) is 1. The fourth-order valence-corrected chi connectivity index (χ4v) is 2.41. The Morgan fingerprint density at radius 2 is 1.45 bits per heavy atom. The highest BCUT2D eigenvalue weighted by atomic mass is 16.5. The van der Waals surface area contributed by atoms with E-state index < -0.39 is 5.60 Å². The van der Waals surface area contributed by atoms with E-state index in [9.17, 15) is 5.11 Å². The predicted octanol–water partition coefficient (Wildman–Crippen LogP) is 4.96. The quantitative estimate of drug-likeness (QED) is 0.580. The lowest BCUT2D eigenvalue weighted by molar-refractivity contribution is -0.0228. The fourth-order valence-electron chi connectivity index (χ4n) is 2.41. The Balaban J connectivity index is 2.47. The van der Waals surface area contributed by atoms with E-state index in [1.807, 2.05) is 30.3 Å². The minimum absolute atomic E-state index is 0.407. The third kappa shape index (κ3) is 6.95. The molecule has 1 N–H and O–H groups in total. The highest BCUT2D eigenvalue weighted by Crippen LogP contribution is 2.24. The van der Waals surface area contributed by atoms with Crippen molar-refractivity contribution in [3.8, 4) is 5.75 Å². The van der Waals surface area contributed by atoms with Crippen LogP contribution in [0.25, 0.3) is 0 Å². The molecule has 0 unspecified atom stereocenters. The number of hydrogen-bond donors (Lipinski definition) is 1. The lowest BCUT2D eigenvalue weighted by atomic mass is 9.91. The molecular formula is C18H30O2. The van der Waals surface area contributed by atoms with Crippen molar-refractivity contribution in [2.45, 2.75) is 70.8 Å². The zero-order valence-corrected chi connectivity index (χ0v) is 13.1. The van der Waals surface area contributed by atoms with Crippen LogP contribution in [0.5, 0.6) is 5.75 Å². The molecule has 0 atom stereocenters. The largest absolute Gasteiger partial charge is 0.491 e. The van der Waals surface area contributed by atoms with Gasteiger partial charge in [0.15, 0.2) is 0 Å². The van der Waals surface area contributed by atoms with E-state index in [1.165, 1.54) is 25.7 Å². The maximum absolute atomic E-state index is 10.8. The highest BCUT2D eigenvalue weighted by molar-refractivity contribution is 5.21. The zero-order chi connectivity index (χ0) is 14.7. The minimum atomic E-state index is -0.666. The monoisotopic (exact) mass is 278 g/mol. The molecule has 0 aliphatic heterocycles. The Morgan fingerprint density at radius 1 is 0.900 bits per heavy atom.